The Balaban J connectivity index is 2.35. The van der Waals surface area contributed by atoms with E-state index >= 15 is 0 Å². The number of hydrogen-bond acceptors (Lipinski definition) is 2. The number of aliphatic carboxylic acids is 1. The molecule has 0 fully saturated rings. The molecule has 1 unspecified atom stereocenters. The van der Waals surface area contributed by atoms with Gasteiger partial charge in [-0.1, -0.05) is 25.1 Å². The van der Waals surface area contributed by atoms with E-state index in [4.69, 9.17) is 9.84 Å². The summed E-state index contributed by atoms with van der Waals surface area (Å²) in [7, 11) is 0. The quantitative estimate of drug-likeness (QED) is 0.873. The number of para-hydroxylation sites is 1. The van der Waals surface area contributed by atoms with Crippen LogP contribution >= 0.6 is 0 Å². The van der Waals surface area contributed by atoms with Gasteiger partial charge in [0.2, 0.25) is 0 Å². The van der Waals surface area contributed by atoms with Gasteiger partial charge in [-0.25, -0.2) is 0 Å². The molecule has 0 saturated carbocycles. The van der Waals surface area contributed by atoms with Crippen molar-refractivity contribution in [3.05, 3.63) is 29.8 Å². The molecule has 0 amide bonds. The fraction of sp³-hybridized carbons (Fsp3) is 0.500. The van der Waals surface area contributed by atoms with Crippen molar-refractivity contribution in [1.82, 2.24) is 0 Å². The molecule has 0 saturated heterocycles. The normalized spacial score (nSPS) is 27.1. The fourth-order valence-electron chi connectivity index (χ4n) is 2.46. The van der Waals surface area contributed by atoms with Gasteiger partial charge < -0.3 is 9.84 Å². The molecule has 0 bridgehead atoms. The Morgan fingerprint density at radius 1 is 1.53 bits per heavy atom. The molecule has 17 heavy (non-hydrogen) atoms. The van der Waals surface area contributed by atoms with E-state index in [0.717, 1.165) is 24.2 Å². The molecule has 92 valence electrons. The van der Waals surface area contributed by atoms with E-state index in [-0.39, 0.29) is 17.9 Å². The zero-order valence-electron chi connectivity index (χ0n) is 10.3. The van der Waals surface area contributed by atoms with Crippen LogP contribution in [-0.2, 0) is 4.79 Å². The van der Waals surface area contributed by atoms with Crippen molar-refractivity contribution in [1.29, 1.82) is 0 Å². The number of carboxylic acids is 1. The Bertz CT molecular complexity index is 427. The van der Waals surface area contributed by atoms with Gasteiger partial charge in [-0.15, -0.1) is 0 Å². The van der Waals surface area contributed by atoms with Crippen molar-refractivity contribution in [3.63, 3.8) is 0 Å². The standard InChI is InChI=1S/C14H18O3/c1-3-14(2)9-10(8-13(15)16)11-6-4-5-7-12(11)17-14/h4-7,10H,3,8-9H2,1-2H3,(H,15,16)/t10?,14-/m1/s1. The molecular formula is C14H18O3. The Morgan fingerprint density at radius 3 is 2.88 bits per heavy atom. The van der Waals surface area contributed by atoms with Gasteiger partial charge in [0.05, 0.1) is 6.42 Å². The predicted molar refractivity (Wildman–Crippen MR) is 65.4 cm³/mol. The van der Waals surface area contributed by atoms with Gasteiger partial charge in [0.25, 0.3) is 0 Å². The highest BCUT2D eigenvalue weighted by Crippen LogP contribution is 2.43. The number of ether oxygens (including phenoxy) is 1. The van der Waals surface area contributed by atoms with Crippen molar-refractivity contribution >= 4 is 5.97 Å². The van der Waals surface area contributed by atoms with Crippen LogP contribution in [0.5, 0.6) is 5.75 Å². The minimum absolute atomic E-state index is 0.0578. The second kappa shape index (κ2) is 4.40. The molecule has 0 spiro atoms. The summed E-state index contributed by atoms with van der Waals surface area (Å²) in [5.74, 6) is 0.155. The molecule has 3 nitrogen and oxygen atoms in total. The van der Waals surface area contributed by atoms with Crippen molar-refractivity contribution in [2.45, 2.75) is 44.6 Å². The van der Waals surface area contributed by atoms with E-state index in [0.29, 0.717) is 0 Å². The first-order chi connectivity index (χ1) is 8.04. The van der Waals surface area contributed by atoms with Crippen LogP contribution in [-0.4, -0.2) is 16.7 Å². The lowest BCUT2D eigenvalue weighted by Crippen LogP contribution is -2.37. The maximum atomic E-state index is 10.9. The van der Waals surface area contributed by atoms with Crippen molar-refractivity contribution < 1.29 is 14.6 Å². The Hall–Kier alpha value is -1.51. The summed E-state index contributed by atoms with van der Waals surface area (Å²) in [6.45, 7) is 4.13. The van der Waals surface area contributed by atoms with Crippen molar-refractivity contribution in [3.8, 4) is 5.75 Å². The Labute approximate surface area is 101 Å². The second-order valence-electron chi connectivity index (χ2n) is 4.94. The summed E-state index contributed by atoms with van der Waals surface area (Å²) < 4.78 is 5.99. The van der Waals surface area contributed by atoms with Gasteiger partial charge in [-0.3, -0.25) is 4.79 Å². The highest BCUT2D eigenvalue weighted by Gasteiger charge is 2.36. The smallest absolute Gasteiger partial charge is 0.303 e. The molecule has 1 heterocycles. The maximum absolute atomic E-state index is 10.9. The Kier molecular flexibility index (Phi) is 3.09. The molecule has 0 aromatic heterocycles. The molecule has 1 aliphatic heterocycles. The van der Waals surface area contributed by atoms with Gasteiger partial charge in [0.1, 0.15) is 11.4 Å². The number of carbonyl (C=O) groups is 1. The number of fused-ring (bicyclic) bond motifs is 1. The van der Waals surface area contributed by atoms with E-state index < -0.39 is 5.97 Å². The van der Waals surface area contributed by atoms with Crippen molar-refractivity contribution in [2.75, 3.05) is 0 Å². The summed E-state index contributed by atoms with van der Waals surface area (Å²) >= 11 is 0. The van der Waals surface area contributed by atoms with Crippen LogP contribution in [0.15, 0.2) is 24.3 Å². The SMILES string of the molecule is CC[C@]1(C)CC(CC(=O)O)c2ccccc2O1. The summed E-state index contributed by atoms with van der Waals surface area (Å²) in [6, 6.07) is 7.76. The molecule has 3 heteroatoms. The average molecular weight is 234 g/mol. The topological polar surface area (TPSA) is 46.5 Å². The van der Waals surface area contributed by atoms with Crippen LogP contribution < -0.4 is 4.74 Å². The molecule has 1 aromatic carbocycles. The maximum Gasteiger partial charge on any atom is 0.303 e. The van der Waals surface area contributed by atoms with Crippen LogP contribution in [0, 0.1) is 0 Å². The summed E-state index contributed by atoms with van der Waals surface area (Å²) in [5.41, 5.74) is 0.787. The molecule has 1 N–H and O–H groups in total. The lowest BCUT2D eigenvalue weighted by Gasteiger charge is -2.39. The number of hydrogen-bond donors (Lipinski definition) is 1. The second-order valence-corrected chi connectivity index (χ2v) is 4.94. The fourth-order valence-corrected chi connectivity index (χ4v) is 2.46. The summed E-state index contributed by atoms with van der Waals surface area (Å²) in [5, 5.41) is 8.99. The van der Waals surface area contributed by atoms with Gasteiger partial charge >= 0.3 is 5.97 Å². The van der Waals surface area contributed by atoms with E-state index in [2.05, 4.69) is 13.8 Å². The minimum atomic E-state index is -0.745. The highest BCUT2D eigenvalue weighted by molar-refractivity contribution is 5.68. The van der Waals surface area contributed by atoms with Crippen LogP contribution in [0.1, 0.15) is 44.6 Å². The molecule has 0 aliphatic carbocycles. The molecule has 2 atom stereocenters. The monoisotopic (exact) mass is 234 g/mol. The lowest BCUT2D eigenvalue weighted by molar-refractivity contribution is -0.137. The molecule has 2 rings (SSSR count). The summed E-state index contributed by atoms with van der Waals surface area (Å²) in [4.78, 5) is 10.9. The van der Waals surface area contributed by atoms with E-state index in [1.165, 1.54) is 0 Å². The third-order valence-corrected chi connectivity index (χ3v) is 3.56. The highest BCUT2D eigenvalue weighted by atomic mass is 16.5. The zero-order valence-corrected chi connectivity index (χ0v) is 10.3. The van der Waals surface area contributed by atoms with E-state index in [1.807, 2.05) is 24.3 Å². The zero-order chi connectivity index (χ0) is 12.5. The van der Waals surface area contributed by atoms with Gasteiger partial charge in [-0.05, 0) is 31.4 Å². The van der Waals surface area contributed by atoms with E-state index in [9.17, 15) is 4.79 Å². The van der Waals surface area contributed by atoms with E-state index in [1.54, 1.807) is 0 Å². The number of carboxylic acid groups (broad SMARTS) is 1. The molecule has 1 aromatic rings. The molecule has 1 aliphatic rings. The van der Waals surface area contributed by atoms with Gasteiger partial charge in [0, 0.05) is 5.92 Å². The third kappa shape index (κ3) is 2.43. The molecule has 0 radical (unpaired) electrons. The van der Waals surface area contributed by atoms with Crippen LogP contribution in [0.4, 0.5) is 0 Å². The first-order valence-electron chi connectivity index (χ1n) is 6.04. The molecular weight excluding hydrogens is 216 g/mol. The largest absolute Gasteiger partial charge is 0.487 e. The van der Waals surface area contributed by atoms with Crippen molar-refractivity contribution in [2.24, 2.45) is 0 Å². The Morgan fingerprint density at radius 2 is 2.24 bits per heavy atom. The van der Waals surface area contributed by atoms with Gasteiger partial charge in [0.15, 0.2) is 0 Å². The number of benzene rings is 1. The number of rotatable bonds is 3. The lowest BCUT2D eigenvalue weighted by atomic mass is 9.80. The minimum Gasteiger partial charge on any atom is -0.487 e. The predicted octanol–water partition coefficient (Wildman–Crippen LogP) is 3.20. The van der Waals surface area contributed by atoms with Gasteiger partial charge in [-0.2, -0.15) is 0 Å². The first kappa shape index (κ1) is 12.0. The van der Waals surface area contributed by atoms with Crippen LogP contribution in [0.3, 0.4) is 0 Å². The third-order valence-electron chi connectivity index (χ3n) is 3.56. The first-order valence-corrected chi connectivity index (χ1v) is 6.04. The summed E-state index contributed by atoms with van der Waals surface area (Å²) in [6.07, 6.45) is 1.83. The van der Waals surface area contributed by atoms with Crippen LogP contribution in [0.2, 0.25) is 0 Å². The van der Waals surface area contributed by atoms with Crippen LogP contribution in [0.25, 0.3) is 0 Å². The average Bonchev–Trinajstić information content (AvgIpc) is 2.28.